The molecule has 2 aromatic carbocycles. The van der Waals surface area contributed by atoms with Gasteiger partial charge in [0.25, 0.3) is 5.69 Å². The first-order chi connectivity index (χ1) is 13.5. The van der Waals surface area contributed by atoms with Crippen LogP contribution in [0.4, 0.5) is 11.4 Å². The number of non-ortho nitro benzene ring substituents is 1. The van der Waals surface area contributed by atoms with Gasteiger partial charge in [-0.05, 0) is 32.0 Å². The summed E-state index contributed by atoms with van der Waals surface area (Å²) in [5, 5.41) is 15.0. The predicted molar refractivity (Wildman–Crippen MR) is 109 cm³/mol. The average Bonchev–Trinajstić information content (AvgIpc) is 3.10. The van der Waals surface area contributed by atoms with Gasteiger partial charge >= 0.3 is 7.60 Å². The van der Waals surface area contributed by atoms with Crippen LogP contribution in [0, 0.1) is 10.1 Å². The molecule has 0 amide bonds. The number of aromatic nitrogens is 1. The van der Waals surface area contributed by atoms with Gasteiger partial charge < -0.3 is 19.3 Å². The van der Waals surface area contributed by atoms with Crippen LogP contribution in [-0.2, 0) is 13.6 Å². The number of nitrogens with zero attached hydrogens (tertiary/aromatic N) is 1. The third kappa shape index (κ3) is 4.09. The lowest BCUT2D eigenvalue weighted by Crippen LogP contribution is -2.15. The molecule has 0 bridgehead atoms. The largest absolute Gasteiger partial charge is 0.368 e. The van der Waals surface area contributed by atoms with Crippen molar-refractivity contribution in [1.29, 1.82) is 0 Å². The molecule has 2 N–H and O–H groups in total. The van der Waals surface area contributed by atoms with Gasteiger partial charge in [-0.25, -0.2) is 0 Å². The number of H-pyrrole nitrogens is 1. The molecule has 148 valence electrons. The smallest absolute Gasteiger partial charge is 0.357 e. The molecule has 3 aromatic rings. The molecule has 1 aromatic heterocycles. The topological polar surface area (TPSA) is 106 Å². The average molecular weight is 403 g/mol. The molecule has 3 rings (SSSR count). The molecule has 28 heavy (non-hydrogen) atoms. The fourth-order valence-corrected chi connectivity index (χ4v) is 4.98. The van der Waals surface area contributed by atoms with Gasteiger partial charge in [-0.3, -0.25) is 14.7 Å². The van der Waals surface area contributed by atoms with Gasteiger partial charge in [-0.15, -0.1) is 0 Å². The van der Waals surface area contributed by atoms with E-state index in [9.17, 15) is 14.7 Å². The number of rotatable bonds is 9. The molecule has 0 aliphatic carbocycles. The number of nitro groups is 1. The second-order valence-corrected chi connectivity index (χ2v) is 8.13. The van der Waals surface area contributed by atoms with E-state index in [1.807, 2.05) is 24.3 Å². The van der Waals surface area contributed by atoms with E-state index in [0.717, 1.165) is 16.5 Å². The van der Waals surface area contributed by atoms with Crippen molar-refractivity contribution < 1.29 is 18.5 Å². The van der Waals surface area contributed by atoms with Gasteiger partial charge in [0.05, 0.1) is 18.1 Å². The van der Waals surface area contributed by atoms with E-state index < -0.39 is 18.3 Å². The van der Waals surface area contributed by atoms with E-state index >= 15 is 0 Å². The third-order valence-electron chi connectivity index (χ3n) is 4.23. The molecule has 8 nitrogen and oxygen atoms in total. The minimum Gasteiger partial charge on any atom is -0.368 e. The van der Waals surface area contributed by atoms with Crippen molar-refractivity contribution in [1.82, 2.24) is 4.98 Å². The van der Waals surface area contributed by atoms with Crippen molar-refractivity contribution in [3.05, 3.63) is 70.4 Å². The molecule has 0 spiro atoms. The summed E-state index contributed by atoms with van der Waals surface area (Å²) < 4.78 is 24.8. The predicted octanol–water partition coefficient (Wildman–Crippen LogP) is 5.45. The maximum absolute atomic E-state index is 13.6. The Balaban J connectivity index is 2.06. The Morgan fingerprint density at radius 2 is 1.75 bits per heavy atom. The third-order valence-corrected chi connectivity index (χ3v) is 6.51. The second-order valence-electron chi connectivity index (χ2n) is 6.02. The number of hydrogen-bond donors (Lipinski definition) is 2. The number of hydrogen-bond acceptors (Lipinski definition) is 6. The lowest BCUT2D eigenvalue weighted by Gasteiger charge is -2.27. The van der Waals surface area contributed by atoms with E-state index in [0.29, 0.717) is 5.69 Å². The Kier molecular flexibility index (Phi) is 6.14. The van der Waals surface area contributed by atoms with Crippen LogP contribution in [0.25, 0.3) is 10.9 Å². The van der Waals surface area contributed by atoms with Crippen LogP contribution in [0.1, 0.15) is 25.2 Å². The molecular weight excluding hydrogens is 381 g/mol. The Morgan fingerprint density at radius 3 is 2.36 bits per heavy atom. The van der Waals surface area contributed by atoms with E-state index in [1.165, 1.54) is 12.1 Å². The molecule has 9 heteroatoms. The molecular formula is C19H22N3O5P. The van der Waals surface area contributed by atoms with Gasteiger partial charge in [0, 0.05) is 40.5 Å². The normalized spacial score (nSPS) is 12.8. The summed E-state index contributed by atoms with van der Waals surface area (Å²) in [5.41, 5.74) is 2.18. The molecule has 1 atom stereocenters. The van der Waals surface area contributed by atoms with Gasteiger partial charge in [-0.2, -0.15) is 0 Å². The van der Waals surface area contributed by atoms with Crippen LogP contribution >= 0.6 is 7.60 Å². The first kappa shape index (κ1) is 20.1. The number of anilines is 1. The Labute approximate surface area is 162 Å². The zero-order valence-electron chi connectivity index (χ0n) is 15.6. The van der Waals surface area contributed by atoms with Crippen LogP contribution in [-0.4, -0.2) is 23.1 Å². The maximum atomic E-state index is 13.6. The zero-order chi connectivity index (χ0) is 20.1. The summed E-state index contributed by atoms with van der Waals surface area (Å²) in [4.78, 5) is 13.6. The molecule has 1 heterocycles. The number of fused-ring (bicyclic) bond motifs is 1. The quantitative estimate of drug-likeness (QED) is 0.279. The fraction of sp³-hybridized carbons (Fsp3) is 0.263. The lowest BCUT2D eigenvalue weighted by molar-refractivity contribution is -0.384. The Bertz CT molecular complexity index is 992. The van der Waals surface area contributed by atoms with Gasteiger partial charge in [0.15, 0.2) is 5.78 Å². The van der Waals surface area contributed by atoms with Crippen LogP contribution in [0.2, 0.25) is 0 Å². The van der Waals surface area contributed by atoms with Crippen molar-refractivity contribution in [2.45, 2.75) is 19.6 Å². The summed E-state index contributed by atoms with van der Waals surface area (Å²) in [7, 11) is -3.58. The minimum absolute atomic E-state index is 0.0213. The zero-order valence-corrected chi connectivity index (χ0v) is 16.5. The molecule has 0 fully saturated rings. The first-order valence-electron chi connectivity index (χ1n) is 8.94. The molecule has 0 aliphatic rings. The molecule has 0 saturated carbocycles. The SMILES string of the molecule is CCOP(=O)(OCC)[C@H](Nc1ccc([N+](=O)[O-])cc1)c1c[nH]c2ccccc12. The van der Waals surface area contributed by atoms with Crippen molar-refractivity contribution in [2.75, 3.05) is 18.5 Å². The van der Waals surface area contributed by atoms with E-state index in [2.05, 4.69) is 10.3 Å². The summed E-state index contributed by atoms with van der Waals surface area (Å²) in [6, 6.07) is 13.6. The summed E-state index contributed by atoms with van der Waals surface area (Å²) in [6.07, 6.45) is 1.78. The number of nitrogens with one attached hydrogen (secondary N) is 2. The molecule has 0 radical (unpaired) electrons. The van der Waals surface area contributed by atoms with Gasteiger partial charge in [0.2, 0.25) is 0 Å². The highest BCUT2D eigenvalue weighted by molar-refractivity contribution is 7.54. The van der Waals surface area contributed by atoms with Crippen molar-refractivity contribution in [3.63, 3.8) is 0 Å². The molecule has 0 unspecified atom stereocenters. The highest BCUT2D eigenvalue weighted by Crippen LogP contribution is 2.61. The van der Waals surface area contributed by atoms with E-state index in [1.54, 1.807) is 32.2 Å². The standard InChI is InChI=1S/C19H22N3O5P/c1-3-26-28(25,27-4-2)19(17-13-20-18-8-6-5-7-16(17)18)21-14-9-11-15(12-10-14)22(23)24/h5-13,19-21H,3-4H2,1-2H3/t19-/m0/s1. The Hall–Kier alpha value is -2.67. The minimum atomic E-state index is -3.58. The molecule has 0 saturated heterocycles. The first-order valence-corrected chi connectivity index (χ1v) is 10.6. The lowest BCUT2D eigenvalue weighted by atomic mass is 10.1. The van der Waals surface area contributed by atoms with Crippen LogP contribution in [0.5, 0.6) is 0 Å². The summed E-state index contributed by atoms with van der Waals surface area (Å²) in [6.45, 7) is 3.95. The maximum Gasteiger partial charge on any atom is 0.357 e. The van der Waals surface area contributed by atoms with Crippen molar-refractivity contribution in [2.24, 2.45) is 0 Å². The Morgan fingerprint density at radius 1 is 1.11 bits per heavy atom. The van der Waals surface area contributed by atoms with Crippen LogP contribution in [0.15, 0.2) is 54.7 Å². The number of benzene rings is 2. The van der Waals surface area contributed by atoms with E-state index in [-0.39, 0.29) is 18.9 Å². The second kappa shape index (κ2) is 8.56. The van der Waals surface area contributed by atoms with Crippen LogP contribution in [0.3, 0.4) is 0 Å². The van der Waals surface area contributed by atoms with Gasteiger partial charge in [0.1, 0.15) is 0 Å². The summed E-state index contributed by atoms with van der Waals surface area (Å²) >= 11 is 0. The number of aromatic amines is 1. The fourth-order valence-electron chi connectivity index (χ4n) is 3.03. The highest BCUT2D eigenvalue weighted by Gasteiger charge is 2.38. The van der Waals surface area contributed by atoms with E-state index in [4.69, 9.17) is 9.05 Å². The highest BCUT2D eigenvalue weighted by atomic mass is 31.2. The number of para-hydroxylation sites is 1. The summed E-state index contributed by atoms with van der Waals surface area (Å²) in [5.74, 6) is -0.787. The van der Waals surface area contributed by atoms with Gasteiger partial charge in [-0.1, -0.05) is 18.2 Å². The van der Waals surface area contributed by atoms with Crippen molar-refractivity contribution >= 4 is 29.9 Å². The number of nitro benzene ring substituents is 1. The van der Waals surface area contributed by atoms with Crippen LogP contribution < -0.4 is 5.32 Å². The van der Waals surface area contributed by atoms with Crippen molar-refractivity contribution in [3.8, 4) is 0 Å². The monoisotopic (exact) mass is 403 g/mol. The molecule has 0 aliphatic heterocycles.